The number of carbonyl (C=O) groups is 1. The highest BCUT2D eigenvalue weighted by Gasteiger charge is 2.01. The molecule has 14 heavy (non-hydrogen) atoms. The Hall–Kier alpha value is -1.70. The summed E-state index contributed by atoms with van der Waals surface area (Å²) in [7, 11) is 0. The van der Waals surface area contributed by atoms with E-state index in [4.69, 9.17) is 0 Å². The molecule has 2 rings (SSSR count). The van der Waals surface area contributed by atoms with E-state index in [1.807, 2.05) is 0 Å². The maximum absolute atomic E-state index is 12.8. The summed E-state index contributed by atoms with van der Waals surface area (Å²) in [5, 5.41) is 1.70. The molecule has 0 atom stereocenters. The molecule has 0 spiro atoms. The first-order chi connectivity index (χ1) is 6.66. The number of halogens is 1. The third-order valence-electron chi connectivity index (χ3n) is 2.21. The third kappa shape index (κ3) is 1.51. The standard InChI is InChI=1S/C12H9FO/c1-8(14)9-2-3-11-7-12(13)5-4-10(11)6-9/h2-7H,1H3. The van der Waals surface area contributed by atoms with Gasteiger partial charge < -0.3 is 0 Å². The molecular formula is C12H9FO. The van der Waals surface area contributed by atoms with Gasteiger partial charge in [0.15, 0.2) is 5.78 Å². The van der Waals surface area contributed by atoms with Crippen molar-refractivity contribution in [1.29, 1.82) is 0 Å². The minimum atomic E-state index is -0.256. The van der Waals surface area contributed by atoms with Gasteiger partial charge in [0.25, 0.3) is 0 Å². The van der Waals surface area contributed by atoms with E-state index in [1.54, 1.807) is 24.3 Å². The topological polar surface area (TPSA) is 17.1 Å². The molecule has 70 valence electrons. The van der Waals surface area contributed by atoms with Crippen LogP contribution in [0, 0.1) is 5.82 Å². The first-order valence-corrected chi connectivity index (χ1v) is 4.37. The van der Waals surface area contributed by atoms with Crippen molar-refractivity contribution in [3.8, 4) is 0 Å². The minimum absolute atomic E-state index is 0.0243. The summed E-state index contributed by atoms with van der Waals surface area (Å²) < 4.78 is 12.8. The Balaban J connectivity index is 2.67. The lowest BCUT2D eigenvalue weighted by molar-refractivity contribution is 0.101. The van der Waals surface area contributed by atoms with E-state index in [2.05, 4.69) is 0 Å². The van der Waals surface area contributed by atoms with Crippen molar-refractivity contribution in [3.63, 3.8) is 0 Å². The van der Waals surface area contributed by atoms with Crippen LogP contribution in [0.1, 0.15) is 17.3 Å². The summed E-state index contributed by atoms with van der Waals surface area (Å²) in [5.74, 6) is -0.232. The largest absolute Gasteiger partial charge is 0.295 e. The number of hydrogen-bond donors (Lipinski definition) is 0. The van der Waals surface area contributed by atoms with Gasteiger partial charge in [0.2, 0.25) is 0 Å². The predicted octanol–water partition coefficient (Wildman–Crippen LogP) is 3.18. The second-order valence-corrected chi connectivity index (χ2v) is 3.26. The smallest absolute Gasteiger partial charge is 0.159 e. The van der Waals surface area contributed by atoms with Crippen molar-refractivity contribution in [2.75, 3.05) is 0 Å². The van der Waals surface area contributed by atoms with E-state index in [0.717, 1.165) is 10.8 Å². The summed E-state index contributed by atoms with van der Waals surface area (Å²) in [5.41, 5.74) is 0.657. The Bertz CT molecular complexity index is 503. The zero-order valence-corrected chi connectivity index (χ0v) is 7.75. The van der Waals surface area contributed by atoms with Gasteiger partial charge in [-0.05, 0) is 35.9 Å². The zero-order valence-electron chi connectivity index (χ0n) is 7.75. The van der Waals surface area contributed by atoms with Gasteiger partial charge in [-0.15, -0.1) is 0 Å². The maximum atomic E-state index is 12.8. The molecule has 0 radical (unpaired) electrons. The highest BCUT2D eigenvalue weighted by atomic mass is 19.1. The molecule has 0 saturated carbocycles. The van der Waals surface area contributed by atoms with Crippen molar-refractivity contribution in [2.45, 2.75) is 6.92 Å². The summed E-state index contributed by atoms with van der Waals surface area (Å²) in [4.78, 5) is 11.1. The number of Topliss-reactive ketones (excluding diaryl/α,β-unsaturated/α-hetero) is 1. The molecule has 2 aromatic carbocycles. The van der Waals surface area contributed by atoms with Gasteiger partial charge in [-0.2, -0.15) is 0 Å². The minimum Gasteiger partial charge on any atom is -0.295 e. The number of fused-ring (bicyclic) bond motifs is 1. The first-order valence-electron chi connectivity index (χ1n) is 4.37. The lowest BCUT2D eigenvalue weighted by atomic mass is 10.1. The van der Waals surface area contributed by atoms with Crippen LogP contribution in [0.5, 0.6) is 0 Å². The molecule has 0 saturated heterocycles. The second-order valence-electron chi connectivity index (χ2n) is 3.26. The summed E-state index contributed by atoms with van der Waals surface area (Å²) >= 11 is 0. The fourth-order valence-electron chi connectivity index (χ4n) is 1.44. The van der Waals surface area contributed by atoms with Crippen molar-refractivity contribution in [3.05, 3.63) is 47.8 Å². The molecule has 0 aliphatic carbocycles. The van der Waals surface area contributed by atoms with Crippen LogP contribution in [-0.2, 0) is 0 Å². The molecule has 0 fully saturated rings. The second kappa shape index (κ2) is 3.22. The quantitative estimate of drug-likeness (QED) is 0.628. The molecule has 0 heterocycles. The molecule has 1 nitrogen and oxygen atoms in total. The molecule has 0 N–H and O–H groups in total. The normalized spacial score (nSPS) is 10.4. The third-order valence-corrected chi connectivity index (χ3v) is 2.21. The van der Waals surface area contributed by atoms with Gasteiger partial charge in [-0.1, -0.05) is 18.2 Å². The molecule has 0 aliphatic rings. The summed E-state index contributed by atoms with van der Waals surface area (Å²) in [6.07, 6.45) is 0. The fraction of sp³-hybridized carbons (Fsp3) is 0.0833. The maximum Gasteiger partial charge on any atom is 0.159 e. The van der Waals surface area contributed by atoms with Gasteiger partial charge in [0.05, 0.1) is 0 Å². The van der Waals surface area contributed by atoms with Crippen LogP contribution < -0.4 is 0 Å². The number of carbonyl (C=O) groups excluding carboxylic acids is 1. The number of rotatable bonds is 1. The SMILES string of the molecule is CC(=O)c1ccc2cc(F)ccc2c1. The molecular weight excluding hydrogens is 179 g/mol. The van der Waals surface area contributed by atoms with Crippen LogP contribution >= 0.6 is 0 Å². The van der Waals surface area contributed by atoms with Crippen LogP contribution in [0.4, 0.5) is 4.39 Å². The van der Waals surface area contributed by atoms with Crippen LogP contribution in [0.25, 0.3) is 10.8 Å². The van der Waals surface area contributed by atoms with Crippen molar-refractivity contribution < 1.29 is 9.18 Å². The molecule has 0 aliphatic heterocycles. The van der Waals surface area contributed by atoms with Gasteiger partial charge in [0, 0.05) is 5.56 Å². The van der Waals surface area contributed by atoms with E-state index in [1.165, 1.54) is 19.1 Å². The Labute approximate surface area is 81.2 Å². The van der Waals surface area contributed by atoms with Crippen molar-refractivity contribution in [1.82, 2.24) is 0 Å². The van der Waals surface area contributed by atoms with Gasteiger partial charge in [-0.3, -0.25) is 4.79 Å². The molecule has 2 heteroatoms. The Morgan fingerprint density at radius 1 is 1.07 bits per heavy atom. The van der Waals surface area contributed by atoms with Gasteiger partial charge >= 0.3 is 0 Å². The number of hydrogen-bond acceptors (Lipinski definition) is 1. The fourth-order valence-corrected chi connectivity index (χ4v) is 1.44. The monoisotopic (exact) mass is 188 g/mol. The first kappa shape index (κ1) is 8.88. The lowest BCUT2D eigenvalue weighted by Crippen LogP contribution is -1.90. The van der Waals surface area contributed by atoms with E-state index in [9.17, 15) is 9.18 Å². The number of ketones is 1. The van der Waals surface area contributed by atoms with Crippen LogP contribution in [-0.4, -0.2) is 5.78 Å². The molecule has 0 bridgehead atoms. The Kier molecular flexibility index (Phi) is 2.04. The Morgan fingerprint density at radius 2 is 1.71 bits per heavy atom. The average Bonchev–Trinajstić information content (AvgIpc) is 2.16. The average molecular weight is 188 g/mol. The predicted molar refractivity (Wildman–Crippen MR) is 53.9 cm³/mol. The highest BCUT2D eigenvalue weighted by molar-refractivity contribution is 5.98. The van der Waals surface area contributed by atoms with Crippen LogP contribution in [0.3, 0.4) is 0 Å². The number of benzene rings is 2. The van der Waals surface area contributed by atoms with E-state index in [-0.39, 0.29) is 11.6 Å². The van der Waals surface area contributed by atoms with Crippen molar-refractivity contribution in [2.24, 2.45) is 0 Å². The molecule has 0 aromatic heterocycles. The van der Waals surface area contributed by atoms with Crippen molar-refractivity contribution >= 4 is 16.6 Å². The lowest BCUT2D eigenvalue weighted by Gasteiger charge is -2.00. The molecule has 2 aromatic rings. The summed E-state index contributed by atoms with van der Waals surface area (Å²) in [6.45, 7) is 1.52. The zero-order chi connectivity index (χ0) is 10.1. The van der Waals surface area contributed by atoms with E-state index in [0.29, 0.717) is 5.56 Å². The van der Waals surface area contributed by atoms with E-state index < -0.39 is 0 Å². The summed E-state index contributed by atoms with van der Waals surface area (Å²) in [6, 6.07) is 9.78. The van der Waals surface area contributed by atoms with Crippen LogP contribution in [0.15, 0.2) is 36.4 Å². The highest BCUT2D eigenvalue weighted by Crippen LogP contribution is 2.17. The molecule has 0 amide bonds. The van der Waals surface area contributed by atoms with Gasteiger partial charge in [0.1, 0.15) is 5.82 Å². The Morgan fingerprint density at radius 3 is 2.43 bits per heavy atom. The molecule has 0 unspecified atom stereocenters. The van der Waals surface area contributed by atoms with E-state index >= 15 is 0 Å². The van der Waals surface area contributed by atoms with Crippen LogP contribution in [0.2, 0.25) is 0 Å². The van der Waals surface area contributed by atoms with Gasteiger partial charge in [-0.25, -0.2) is 4.39 Å².